The van der Waals surface area contributed by atoms with Crippen LogP contribution in [0.1, 0.15) is 17.5 Å². The molecule has 1 aromatic rings. The summed E-state index contributed by atoms with van der Waals surface area (Å²) in [5.41, 5.74) is -5.92. The van der Waals surface area contributed by atoms with Gasteiger partial charge < -0.3 is 5.11 Å². The van der Waals surface area contributed by atoms with Crippen molar-refractivity contribution in [3.05, 3.63) is 35.4 Å². The first-order valence-corrected chi connectivity index (χ1v) is 8.09. The van der Waals surface area contributed by atoms with E-state index in [1.807, 2.05) is 0 Å². The van der Waals surface area contributed by atoms with Gasteiger partial charge in [-0.2, -0.15) is 65.9 Å². The largest absolute Gasteiger partial charge is 0.460 e. The van der Waals surface area contributed by atoms with Crippen LogP contribution in [0.3, 0.4) is 0 Å². The fourth-order valence-corrected chi connectivity index (χ4v) is 3.14. The molecule has 0 amide bonds. The summed E-state index contributed by atoms with van der Waals surface area (Å²) < 4.78 is 200. The quantitative estimate of drug-likeness (QED) is 0.460. The van der Waals surface area contributed by atoms with Crippen LogP contribution in [-0.2, 0) is 12.0 Å². The molecule has 184 valence electrons. The Morgan fingerprint density at radius 2 is 1.00 bits per heavy atom. The van der Waals surface area contributed by atoms with E-state index in [9.17, 15) is 71.0 Å². The molecule has 1 N–H and O–H groups in total. The minimum absolute atomic E-state index is 0.352. The highest BCUT2D eigenvalue weighted by atomic mass is 19.4. The van der Waals surface area contributed by atoms with E-state index in [0.717, 1.165) is 18.2 Å². The van der Waals surface area contributed by atoms with E-state index in [1.165, 1.54) is 0 Å². The lowest BCUT2D eigenvalue weighted by Crippen LogP contribution is -2.74. The van der Waals surface area contributed by atoms with Gasteiger partial charge in [-0.3, -0.25) is 0 Å². The molecule has 0 aromatic heterocycles. The number of alkyl halides is 15. The van der Waals surface area contributed by atoms with Crippen molar-refractivity contribution >= 4 is 0 Å². The van der Waals surface area contributed by atoms with Crippen LogP contribution in [0.5, 0.6) is 0 Å². The Labute approximate surface area is 167 Å². The standard InChI is InChI=1S/C16H9F15O/c17-10(18,9(32)6-5-7-3-1-2-4-8(7)9)11(19,20)12(21,22)13(23,24)14(25,26)15(27,28)16(29,30)31/h1-4,32H,5-6H2. The molecule has 1 aliphatic rings. The second-order valence-electron chi connectivity index (χ2n) is 6.96. The van der Waals surface area contributed by atoms with E-state index in [1.54, 1.807) is 0 Å². The molecule has 32 heavy (non-hydrogen) atoms. The Morgan fingerprint density at radius 3 is 1.47 bits per heavy atom. The lowest BCUT2D eigenvalue weighted by atomic mass is 9.80. The van der Waals surface area contributed by atoms with Crippen molar-refractivity contribution in [2.45, 2.75) is 60.2 Å². The molecule has 0 fully saturated rings. The van der Waals surface area contributed by atoms with E-state index in [4.69, 9.17) is 0 Å². The van der Waals surface area contributed by atoms with Crippen molar-refractivity contribution in [3.63, 3.8) is 0 Å². The third-order valence-electron chi connectivity index (χ3n) is 5.07. The summed E-state index contributed by atoms with van der Waals surface area (Å²) in [6.45, 7) is 0. The first kappa shape index (κ1) is 26.4. The number of halogens is 15. The van der Waals surface area contributed by atoms with Crippen LogP contribution in [-0.4, -0.2) is 46.8 Å². The zero-order valence-electron chi connectivity index (χ0n) is 14.8. The summed E-state index contributed by atoms with van der Waals surface area (Å²) in [4.78, 5) is 0. The fourth-order valence-electron chi connectivity index (χ4n) is 3.14. The zero-order chi connectivity index (χ0) is 25.4. The van der Waals surface area contributed by atoms with Crippen LogP contribution in [0.25, 0.3) is 0 Å². The van der Waals surface area contributed by atoms with Gasteiger partial charge in [0.15, 0.2) is 5.60 Å². The number of fused-ring (bicyclic) bond motifs is 1. The molecule has 0 bridgehead atoms. The Morgan fingerprint density at radius 1 is 0.594 bits per heavy atom. The van der Waals surface area contributed by atoms with E-state index in [2.05, 4.69) is 0 Å². The second kappa shape index (κ2) is 6.82. The Bertz CT molecular complexity index is 872. The maximum Gasteiger partial charge on any atom is 0.460 e. The molecular weight excluding hydrogens is 493 g/mol. The van der Waals surface area contributed by atoms with E-state index >= 15 is 0 Å². The van der Waals surface area contributed by atoms with Crippen molar-refractivity contribution < 1.29 is 71.0 Å². The topological polar surface area (TPSA) is 20.2 Å². The maximum absolute atomic E-state index is 14.4. The predicted molar refractivity (Wildman–Crippen MR) is 74.4 cm³/mol. The SMILES string of the molecule is OC1(C(F)(F)C(F)(F)C(F)(F)C(F)(F)C(F)(F)C(F)(F)C(F)(F)F)CCc2ccccc21. The molecule has 0 spiro atoms. The molecule has 16 heteroatoms. The van der Waals surface area contributed by atoms with Gasteiger partial charge in [-0.05, 0) is 24.0 Å². The van der Waals surface area contributed by atoms with Crippen molar-refractivity contribution in [1.29, 1.82) is 0 Å². The number of rotatable bonds is 6. The molecule has 1 atom stereocenters. The smallest absolute Gasteiger partial charge is 0.379 e. The number of aliphatic hydroxyl groups is 1. The molecule has 1 aliphatic carbocycles. The Hall–Kier alpha value is -1.87. The van der Waals surface area contributed by atoms with Crippen LogP contribution in [0.4, 0.5) is 65.9 Å². The molecule has 2 rings (SSSR count). The van der Waals surface area contributed by atoms with Crippen LogP contribution < -0.4 is 0 Å². The fraction of sp³-hybridized carbons (Fsp3) is 0.625. The van der Waals surface area contributed by atoms with Gasteiger partial charge in [-0.25, -0.2) is 0 Å². The number of benzene rings is 1. The number of hydrogen-bond acceptors (Lipinski definition) is 1. The van der Waals surface area contributed by atoms with Gasteiger partial charge >= 0.3 is 41.7 Å². The van der Waals surface area contributed by atoms with Gasteiger partial charge in [-0.15, -0.1) is 0 Å². The summed E-state index contributed by atoms with van der Waals surface area (Å²) in [5, 5.41) is 10.0. The zero-order valence-corrected chi connectivity index (χ0v) is 14.8. The van der Waals surface area contributed by atoms with E-state index < -0.39 is 65.7 Å². The summed E-state index contributed by atoms with van der Waals surface area (Å²) in [6.07, 6.45) is -9.88. The highest BCUT2D eigenvalue weighted by molar-refractivity contribution is 5.40. The summed E-state index contributed by atoms with van der Waals surface area (Å²) in [6, 6.07) is 3.37. The number of hydrogen-bond donors (Lipinski definition) is 1. The molecular formula is C16H9F15O. The first-order valence-electron chi connectivity index (χ1n) is 8.09. The Kier molecular flexibility index (Phi) is 5.62. The van der Waals surface area contributed by atoms with Gasteiger partial charge in [0.1, 0.15) is 0 Å². The molecule has 0 saturated carbocycles. The summed E-state index contributed by atoms with van der Waals surface area (Å²) in [5.74, 6) is -47.4. The molecule has 1 aromatic carbocycles. The highest BCUT2D eigenvalue weighted by Crippen LogP contribution is 2.65. The van der Waals surface area contributed by atoms with Crippen molar-refractivity contribution in [2.75, 3.05) is 0 Å². The van der Waals surface area contributed by atoms with E-state index in [-0.39, 0.29) is 5.56 Å². The lowest BCUT2D eigenvalue weighted by molar-refractivity contribution is -0.460. The third-order valence-corrected chi connectivity index (χ3v) is 5.07. The van der Waals surface area contributed by atoms with Gasteiger partial charge in [0, 0.05) is 0 Å². The van der Waals surface area contributed by atoms with Gasteiger partial charge in [0.2, 0.25) is 0 Å². The summed E-state index contributed by atoms with van der Waals surface area (Å²) in [7, 11) is 0. The minimum Gasteiger partial charge on any atom is -0.379 e. The third kappa shape index (κ3) is 2.93. The average Bonchev–Trinajstić information content (AvgIpc) is 2.99. The maximum atomic E-state index is 14.4. The first-order chi connectivity index (χ1) is 14.0. The second-order valence-corrected chi connectivity index (χ2v) is 6.96. The van der Waals surface area contributed by atoms with Gasteiger partial charge in [0.25, 0.3) is 0 Å². The Balaban J connectivity index is 2.66. The van der Waals surface area contributed by atoms with Crippen LogP contribution in [0.15, 0.2) is 24.3 Å². The molecule has 1 nitrogen and oxygen atoms in total. The van der Waals surface area contributed by atoms with E-state index in [0.29, 0.717) is 6.07 Å². The van der Waals surface area contributed by atoms with Crippen molar-refractivity contribution in [2.24, 2.45) is 0 Å². The van der Waals surface area contributed by atoms with Gasteiger partial charge in [-0.1, -0.05) is 24.3 Å². The molecule has 0 saturated heterocycles. The summed E-state index contributed by atoms with van der Waals surface area (Å²) >= 11 is 0. The van der Waals surface area contributed by atoms with Crippen LogP contribution in [0.2, 0.25) is 0 Å². The lowest BCUT2D eigenvalue weighted by Gasteiger charge is -2.44. The molecule has 1 unspecified atom stereocenters. The molecule has 0 aliphatic heterocycles. The van der Waals surface area contributed by atoms with Crippen molar-refractivity contribution in [3.8, 4) is 0 Å². The van der Waals surface area contributed by atoms with Crippen LogP contribution in [0, 0.1) is 0 Å². The average molecular weight is 502 g/mol. The minimum atomic E-state index is -8.37. The predicted octanol–water partition coefficient (Wildman–Crippen LogP) is 6.19. The molecule has 0 heterocycles. The highest BCUT2D eigenvalue weighted by Gasteiger charge is 2.94. The van der Waals surface area contributed by atoms with Crippen LogP contribution >= 0.6 is 0 Å². The molecule has 0 radical (unpaired) electrons. The normalized spacial score (nSPS) is 21.6. The number of aryl methyl sites for hydroxylation is 1. The van der Waals surface area contributed by atoms with Gasteiger partial charge in [0.05, 0.1) is 0 Å². The van der Waals surface area contributed by atoms with Crippen molar-refractivity contribution in [1.82, 2.24) is 0 Å². The monoisotopic (exact) mass is 502 g/mol.